The first-order valence-corrected chi connectivity index (χ1v) is 22.6. The van der Waals surface area contributed by atoms with Gasteiger partial charge in [-0.25, -0.2) is 19.9 Å². The summed E-state index contributed by atoms with van der Waals surface area (Å²) in [6.07, 6.45) is 0. The molecule has 0 spiro atoms. The molecule has 9 aromatic carbocycles. The Kier molecular flexibility index (Phi) is 9.66. The highest BCUT2D eigenvalue weighted by atomic mass is 32.1. The summed E-state index contributed by atoms with van der Waals surface area (Å²) in [7, 11) is 0. The molecule has 0 saturated carbocycles. The second-order valence-corrected chi connectivity index (χ2v) is 17.2. The number of nitrogens with zero attached hydrogens (tertiary/aromatic N) is 4. The van der Waals surface area contributed by atoms with Gasteiger partial charge in [-0.3, -0.25) is 0 Å². The average molecular weight is 847 g/mol. The van der Waals surface area contributed by atoms with E-state index in [1.54, 1.807) is 0 Å². The van der Waals surface area contributed by atoms with E-state index in [0.717, 1.165) is 66.8 Å². The average Bonchev–Trinajstić information content (AvgIpc) is 3.79. The zero-order chi connectivity index (χ0) is 43.1. The molecule has 0 aliphatic carbocycles. The zero-order valence-corrected chi connectivity index (χ0v) is 36.0. The molecule has 5 heteroatoms. The predicted molar refractivity (Wildman–Crippen MR) is 272 cm³/mol. The van der Waals surface area contributed by atoms with Crippen molar-refractivity contribution in [3.05, 3.63) is 231 Å². The summed E-state index contributed by atoms with van der Waals surface area (Å²) >= 11 is 1.82. The van der Waals surface area contributed by atoms with Crippen LogP contribution in [-0.4, -0.2) is 19.9 Å². The van der Waals surface area contributed by atoms with Crippen molar-refractivity contribution in [2.75, 3.05) is 0 Å². The lowest BCUT2D eigenvalue weighted by molar-refractivity contribution is 1.07. The first kappa shape index (κ1) is 38.3. The van der Waals surface area contributed by atoms with E-state index in [9.17, 15) is 0 Å². The molecule has 0 fully saturated rings. The fraction of sp³-hybridized carbons (Fsp3) is 0. The van der Waals surface area contributed by atoms with Gasteiger partial charge in [-0.2, -0.15) is 0 Å². The summed E-state index contributed by atoms with van der Waals surface area (Å²) in [5.41, 5.74) is 14.9. The van der Waals surface area contributed by atoms with Gasteiger partial charge in [-0.05, 0) is 51.1 Å². The van der Waals surface area contributed by atoms with Crippen LogP contribution in [0.1, 0.15) is 0 Å². The lowest BCUT2D eigenvalue weighted by Crippen LogP contribution is -2.00. The predicted octanol–water partition coefficient (Wildman–Crippen LogP) is 16.1. The Morgan fingerprint density at radius 3 is 1.23 bits per heavy atom. The van der Waals surface area contributed by atoms with Crippen LogP contribution in [0.25, 0.3) is 121 Å². The largest absolute Gasteiger partial charge is 0.246 e. The van der Waals surface area contributed by atoms with E-state index >= 15 is 0 Å². The number of para-hydroxylation sites is 1. The Morgan fingerprint density at radius 2 is 0.677 bits per heavy atom. The maximum atomic E-state index is 5.53. The van der Waals surface area contributed by atoms with E-state index in [2.05, 4.69) is 218 Å². The van der Waals surface area contributed by atoms with Crippen LogP contribution in [0.2, 0.25) is 0 Å². The van der Waals surface area contributed by atoms with E-state index in [1.165, 1.54) is 36.7 Å². The first-order valence-electron chi connectivity index (χ1n) is 21.8. The van der Waals surface area contributed by atoms with Crippen LogP contribution in [0.5, 0.6) is 0 Å². The highest BCUT2D eigenvalue weighted by Crippen LogP contribution is 2.45. The van der Waals surface area contributed by atoms with Crippen LogP contribution >= 0.6 is 11.3 Å². The van der Waals surface area contributed by atoms with Gasteiger partial charge in [0.2, 0.25) is 0 Å². The van der Waals surface area contributed by atoms with Crippen molar-refractivity contribution in [3.8, 4) is 89.9 Å². The minimum atomic E-state index is 0.617. The van der Waals surface area contributed by atoms with Crippen LogP contribution in [0.3, 0.4) is 0 Å². The fourth-order valence-electron chi connectivity index (χ4n) is 8.86. The van der Waals surface area contributed by atoms with Gasteiger partial charge in [0.1, 0.15) is 0 Å². The third-order valence-electron chi connectivity index (χ3n) is 12.2. The number of hydrogen-bond acceptors (Lipinski definition) is 5. The Labute approximate surface area is 380 Å². The summed E-state index contributed by atoms with van der Waals surface area (Å²) in [6, 6.07) is 80.9. The van der Waals surface area contributed by atoms with Gasteiger partial charge in [-0.1, -0.05) is 218 Å². The van der Waals surface area contributed by atoms with Crippen molar-refractivity contribution >= 4 is 42.4 Å². The number of thiophene rings is 1. The molecule has 0 amide bonds. The zero-order valence-electron chi connectivity index (χ0n) is 35.1. The molecule has 12 rings (SSSR count). The molecule has 0 saturated heterocycles. The van der Waals surface area contributed by atoms with Gasteiger partial charge in [0.05, 0.1) is 15.9 Å². The summed E-state index contributed by atoms with van der Waals surface area (Å²) < 4.78 is 2.45. The van der Waals surface area contributed by atoms with Crippen LogP contribution < -0.4 is 0 Å². The smallest absolute Gasteiger partial charge is 0.164 e. The van der Waals surface area contributed by atoms with Crippen molar-refractivity contribution in [1.29, 1.82) is 0 Å². The summed E-state index contributed by atoms with van der Waals surface area (Å²) in [5, 5.41) is 3.69. The Bertz CT molecular complexity index is 3560. The highest BCUT2D eigenvalue weighted by molar-refractivity contribution is 7.26. The number of aromatic nitrogens is 4. The monoisotopic (exact) mass is 846 g/mol. The Balaban J connectivity index is 0.933. The molecular formula is C60H38N4S. The van der Waals surface area contributed by atoms with Gasteiger partial charge < -0.3 is 0 Å². The van der Waals surface area contributed by atoms with Gasteiger partial charge >= 0.3 is 0 Å². The molecule has 4 nitrogen and oxygen atoms in total. The Hall–Kier alpha value is -8.38. The second kappa shape index (κ2) is 16.4. The molecule has 3 aromatic heterocycles. The summed E-state index contributed by atoms with van der Waals surface area (Å²) in [6.45, 7) is 0. The van der Waals surface area contributed by atoms with Gasteiger partial charge in [0.15, 0.2) is 17.5 Å². The maximum Gasteiger partial charge on any atom is 0.164 e. The van der Waals surface area contributed by atoms with Crippen LogP contribution in [0.15, 0.2) is 231 Å². The highest BCUT2D eigenvalue weighted by Gasteiger charge is 2.19. The molecule has 0 atom stereocenters. The molecular weight excluding hydrogens is 809 g/mol. The van der Waals surface area contributed by atoms with E-state index in [-0.39, 0.29) is 0 Å². The molecule has 0 radical (unpaired) electrons. The standard InChI is InChI=1S/C60H38N4S/c1-4-14-39(15-5-1)41-26-32-45(33-27-41)58-62-59(46-34-28-42(29-35-46)40-16-6-2-7-17-40)64-60(63-58)47-36-30-43(31-37-47)48-20-12-21-49(38-48)55-57-54(51-22-10-11-25-53(51)65-57)52-24-13-23-50(56(52)61-55)44-18-8-3-9-19-44/h1-38H. The van der Waals surface area contributed by atoms with Crippen molar-refractivity contribution in [1.82, 2.24) is 19.9 Å². The molecule has 0 N–H and O–H groups in total. The molecule has 0 unspecified atom stereocenters. The van der Waals surface area contributed by atoms with Crippen LogP contribution in [0.4, 0.5) is 0 Å². The molecule has 304 valence electrons. The lowest BCUT2D eigenvalue weighted by atomic mass is 9.96. The third-order valence-corrected chi connectivity index (χ3v) is 13.4. The summed E-state index contributed by atoms with van der Waals surface area (Å²) in [4.78, 5) is 20.8. The second-order valence-electron chi connectivity index (χ2n) is 16.2. The minimum Gasteiger partial charge on any atom is -0.246 e. The molecule has 0 bridgehead atoms. The van der Waals surface area contributed by atoms with Crippen molar-refractivity contribution < 1.29 is 0 Å². The van der Waals surface area contributed by atoms with E-state index in [1.807, 2.05) is 23.5 Å². The molecule has 12 aromatic rings. The lowest BCUT2D eigenvalue weighted by Gasteiger charge is -2.12. The SMILES string of the molecule is c1ccc(-c2ccc(-c3nc(-c4ccc(-c5ccccc5)cc4)nc(-c4ccc(-c5cccc(-c6nc7c(-c8ccccc8)cccc7c7c6sc6ccccc67)c5)cc4)n3)cc2)cc1. The Morgan fingerprint density at radius 1 is 0.277 bits per heavy atom. The maximum absolute atomic E-state index is 5.53. The number of pyridine rings is 1. The van der Waals surface area contributed by atoms with Gasteiger partial charge in [0.25, 0.3) is 0 Å². The number of benzene rings is 9. The topological polar surface area (TPSA) is 51.6 Å². The molecule has 3 heterocycles. The molecule has 0 aliphatic heterocycles. The van der Waals surface area contributed by atoms with Crippen molar-refractivity contribution in [3.63, 3.8) is 0 Å². The van der Waals surface area contributed by atoms with Crippen LogP contribution in [0, 0.1) is 0 Å². The number of fused-ring (bicyclic) bond motifs is 5. The van der Waals surface area contributed by atoms with Gasteiger partial charge in [-0.15, -0.1) is 11.3 Å². The van der Waals surface area contributed by atoms with E-state index in [4.69, 9.17) is 19.9 Å². The number of hydrogen-bond donors (Lipinski definition) is 0. The van der Waals surface area contributed by atoms with Gasteiger partial charge in [0, 0.05) is 48.7 Å². The van der Waals surface area contributed by atoms with Crippen molar-refractivity contribution in [2.45, 2.75) is 0 Å². The van der Waals surface area contributed by atoms with Crippen LogP contribution in [-0.2, 0) is 0 Å². The first-order chi connectivity index (χ1) is 32.2. The normalized spacial score (nSPS) is 11.4. The van der Waals surface area contributed by atoms with E-state index < -0.39 is 0 Å². The number of rotatable bonds is 8. The molecule has 65 heavy (non-hydrogen) atoms. The van der Waals surface area contributed by atoms with E-state index in [0.29, 0.717) is 17.5 Å². The van der Waals surface area contributed by atoms with Crippen molar-refractivity contribution in [2.24, 2.45) is 0 Å². The molecule has 0 aliphatic rings. The fourth-order valence-corrected chi connectivity index (χ4v) is 10.1. The quantitative estimate of drug-likeness (QED) is 0.153. The summed E-state index contributed by atoms with van der Waals surface area (Å²) in [5.74, 6) is 1.87. The minimum absolute atomic E-state index is 0.617. The third kappa shape index (κ3) is 7.24.